The third-order valence-corrected chi connectivity index (χ3v) is 7.72. The lowest BCUT2D eigenvalue weighted by molar-refractivity contribution is 0.160. The molecule has 8 nitrogen and oxygen atoms in total. The van der Waals surface area contributed by atoms with Crippen molar-refractivity contribution in [3.05, 3.63) is 54.6 Å². The van der Waals surface area contributed by atoms with Crippen LogP contribution < -0.4 is 14.5 Å². The van der Waals surface area contributed by atoms with Crippen LogP contribution in [0.4, 0.5) is 15.8 Å². The number of fused-ring (bicyclic) bond motifs is 2. The van der Waals surface area contributed by atoms with Crippen LogP contribution in [0, 0.1) is 5.82 Å². The number of anilines is 2. The van der Waals surface area contributed by atoms with Crippen LogP contribution in [0.15, 0.2) is 48.8 Å². The molecule has 0 amide bonds. The molecule has 2 aromatic carbocycles. The lowest BCUT2D eigenvalue weighted by atomic mass is 10.0. The van der Waals surface area contributed by atoms with Crippen LogP contribution in [0.2, 0.25) is 0 Å². The first kappa shape index (κ1) is 23.5. The number of halogens is 1. The van der Waals surface area contributed by atoms with Crippen LogP contribution in [0.3, 0.4) is 0 Å². The van der Waals surface area contributed by atoms with Crippen molar-refractivity contribution >= 4 is 33.2 Å². The Morgan fingerprint density at radius 3 is 2.38 bits per heavy atom. The fourth-order valence-electron chi connectivity index (χ4n) is 5.78. The molecule has 2 aromatic heterocycles. The maximum Gasteiger partial charge on any atom is 0.174 e. The summed E-state index contributed by atoms with van der Waals surface area (Å²) in [4.78, 5) is 16.0. The molecule has 0 atom stereocenters. The summed E-state index contributed by atoms with van der Waals surface area (Å²) in [5, 5.41) is 21.2. The highest BCUT2D eigenvalue weighted by atomic mass is 19.1. The number of benzene rings is 2. The Morgan fingerprint density at radius 1 is 0.892 bits per heavy atom. The van der Waals surface area contributed by atoms with Gasteiger partial charge in [0.1, 0.15) is 11.5 Å². The Bertz CT molecular complexity index is 1450. The van der Waals surface area contributed by atoms with E-state index in [0.29, 0.717) is 16.9 Å². The van der Waals surface area contributed by atoms with Gasteiger partial charge in [-0.25, -0.2) is 4.39 Å². The second-order valence-corrected chi connectivity index (χ2v) is 9.78. The minimum Gasteiger partial charge on any atom is -0.506 e. The van der Waals surface area contributed by atoms with E-state index >= 15 is 0 Å². The molecule has 2 aliphatic rings. The fraction of sp³-hybridized carbons (Fsp3) is 0.357. The number of aromatic nitrogens is 2. The van der Waals surface area contributed by atoms with Crippen LogP contribution in [0.1, 0.15) is 12.8 Å². The molecule has 6 rings (SSSR count). The minimum absolute atomic E-state index is 0.141. The molecule has 0 aliphatic carbocycles. The average Bonchev–Trinajstić information content (AvgIpc) is 2.94. The molecule has 2 aliphatic heterocycles. The van der Waals surface area contributed by atoms with E-state index in [1.54, 1.807) is 31.5 Å². The van der Waals surface area contributed by atoms with E-state index in [-0.39, 0.29) is 11.5 Å². The summed E-state index contributed by atoms with van der Waals surface area (Å²) in [6, 6.07) is 11.0. The van der Waals surface area contributed by atoms with E-state index in [1.165, 1.54) is 12.3 Å². The number of aromatic hydroxyl groups is 2. The number of pyridine rings is 2. The first-order chi connectivity index (χ1) is 18.0. The molecule has 2 fully saturated rings. The number of ether oxygens (including phenoxy) is 1. The summed E-state index contributed by atoms with van der Waals surface area (Å²) < 4.78 is 19.9. The van der Waals surface area contributed by atoms with Crippen molar-refractivity contribution in [1.29, 1.82) is 0 Å². The molecular formula is C28H30FN5O3. The fourth-order valence-corrected chi connectivity index (χ4v) is 5.78. The highest BCUT2D eigenvalue weighted by Crippen LogP contribution is 2.36. The van der Waals surface area contributed by atoms with E-state index in [9.17, 15) is 14.6 Å². The normalized spacial score (nSPS) is 17.6. The zero-order chi connectivity index (χ0) is 25.5. The number of rotatable bonds is 4. The molecule has 192 valence electrons. The first-order valence-corrected chi connectivity index (χ1v) is 12.7. The number of phenolic OH excluding ortho intramolecular Hbond substituents is 1. The Balaban J connectivity index is 1.13. The minimum atomic E-state index is -0.615. The highest BCUT2D eigenvalue weighted by Gasteiger charge is 2.29. The van der Waals surface area contributed by atoms with Crippen molar-refractivity contribution in [3.8, 4) is 17.2 Å². The molecule has 0 radical (unpaired) electrons. The maximum absolute atomic E-state index is 14.4. The van der Waals surface area contributed by atoms with Crippen LogP contribution in [-0.4, -0.2) is 77.5 Å². The number of piperidine rings is 1. The third kappa shape index (κ3) is 4.33. The average molecular weight is 504 g/mol. The van der Waals surface area contributed by atoms with Crippen LogP contribution in [0.25, 0.3) is 21.8 Å². The van der Waals surface area contributed by atoms with Gasteiger partial charge in [0.15, 0.2) is 11.6 Å². The molecule has 37 heavy (non-hydrogen) atoms. The standard InChI is InChI=1S/C28H30FN5O3/c1-37-21-14-18-13-20(35)17-31-27(18)23(15-21)34-11-9-32(10-12-34)19-4-7-33(8-5-19)24-16-25(36)26(29)22-3-2-6-30-28(22)24/h2-3,6,13-17,19,35-36H,4-5,7-12H2,1H3. The molecule has 4 aromatic rings. The van der Waals surface area contributed by atoms with Crippen molar-refractivity contribution in [2.45, 2.75) is 18.9 Å². The quantitative estimate of drug-likeness (QED) is 0.430. The van der Waals surface area contributed by atoms with Crippen molar-refractivity contribution < 1.29 is 19.3 Å². The van der Waals surface area contributed by atoms with Gasteiger partial charge in [0, 0.05) is 74.4 Å². The molecule has 0 bridgehead atoms. The number of nitrogens with zero attached hydrogens (tertiary/aromatic N) is 5. The lowest BCUT2D eigenvalue weighted by Gasteiger charge is -2.44. The van der Waals surface area contributed by atoms with E-state index < -0.39 is 5.82 Å². The topological polar surface area (TPSA) is 85.2 Å². The summed E-state index contributed by atoms with van der Waals surface area (Å²) in [5.74, 6) is -0.0556. The van der Waals surface area contributed by atoms with E-state index in [1.807, 2.05) is 12.1 Å². The van der Waals surface area contributed by atoms with Crippen LogP contribution in [0.5, 0.6) is 17.2 Å². The van der Waals surface area contributed by atoms with Gasteiger partial charge in [-0.05, 0) is 37.1 Å². The van der Waals surface area contributed by atoms with Gasteiger partial charge in [0.2, 0.25) is 0 Å². The Hall–Kier alpha value is -3.85. The zero-order valence-corrected chi connectivity index (χ0v) is 20.8. The van der Waals surface area contributed by atoms with E-state index in [0.717, 1.165) is 80.1 Å². The molecule has 2 saturated heterocycles. The van der Waals surface area contributed by atoms with Gasteiger partial charge in [0.25, 0.3) is 0 Å². The summed E-state index contributed by atoms with van der Waals surface area (Å²) in [6.07, 6.45) is 5.14. The predicted octanol–water partition coefficient (Wildman–Crippen LogP) is 4.13. The summed E-state index contributed by atoms with van der Waals surface area (Å²) in [5.41, 5.74) is 3.28. The molecule has 0 unspecified atom stereocenters. The van der Waals surface area contributed by atoms with Crippen molar-refractivity contribution in [2.24, 2.45) is 0 Å². The first-order valence-electron chi connectivity index (χ1n) is 12.7. The summed E-state index contributed by atoms with van der Waals surface area (Å²) in [6.45, 7) is 5.31. The number of methoxy groups -OCH3 is 1. The highest BCUT2D eigenvalue weighted by molar-refractivity contribution is 5.94. The van der Waals surface area contributed by atoms with Gasteiger partial charge in [-0.15, -0.1) is 0 Å². The monoisotopic (exact) mass is 503 g/mol. The number of phenols is 1. The smallest absolute Gasteiger partial charge is 0.174 e. The third-order valence-electron chi connectivity index (χ3n) is 7.72. The van der Waals surface area contributed by atoms with Gasteiger partial charge in [-0.1, -0.05) is 0 Å². The molecule has 0 saturated carbocycles. The van der Waals surface area contributed by atoms with Gasteiger partial charge in [-0.3, -0.25) is 14.9 Å². The Kier molecular flexibility index (Phi) is 6.08. The van der Waals surface area contributed by atoms with Crippen molar-refractivity contribution in [2.75, 3.05) is 56.2 Å². The SMILES string of the molecule is COc1cc(N2CCN(C3CCN(c4cc(O)c(F)c5cccnc45)CC3)CC2)c2ncc(O)cc2c1. The van der Waals surface area contributed by atoms with Crippen molar-refractivity contribution in [1.82, 2.24) is 14.9 Å². The van der Waals surface area contributed by atoms with Crippen molar-refractivity contribution in [3.63, 3.8) is 0 Å². The van der Waals surface area contributed by atoms with E-state index in [4.69, 9.17) is 4.74 Å². The largest absolute Gasteiger partial charge is 0.506 e. The number of hydrogen-bond donors (Lipinski definition) is 2. The van der Waals surface area contributed by atoms with Gasteiger partial charge >= 0.3 is 0 Å². The second kappa shape index (κ2) is 9.55. The maximum atomic E-state index is 14.4. The molecule has 4 heterocycles. The Labute approximate surface area is 214 Å². The predicted molar refractivity (Wildman–Crippen MR) is 142 cm³/mol. The summed E-state index contributed by atoms with van der Waals surface area (Å²) in [7, 11) is 1.65. The van der Waals surface area contributed by atoms with E-state index in [2.05, 4.69) is 24.7 Å². The second-order valence-electron chi connectivity index (χ2n) is 9.78. The molecule has 2 N–H and O–H groups in total. The zero-order valence-electron chi connectivity index (χ0n) is 20.8. The van der Waals surface area contributed by atoms with Gasteiger partial charge < -0.3 is 24.7 Å². The molecule has 9 heteroatoms. The van der Waals surface area contributed by atoms with Gasteiger partial charge in [-0.2, -0.15) is 0 Å². The number of piperazine rings is 1. The lowest BCUT2D eigenvalue weighted by Crippen LogP contribution is -2.53. The Morgan fingerprint density at radius 2 is 1.62 bits per heavy atom. The van der Waals surface area contributed by atoms with Crippen LogP contribution in [-0.2, 0) is 0 Å². The van der Waals surface area contributed by atoms with Crippen LogP contribution >= 0.6 is 0 Å². The molecular weight excluding hydrogens is 473 g/mol. The number of hydrogen-bond acceptors (Lipinski definition) is 8. The van der Waals surface area contributed by atoms with Gasteiger partial charge in [0.05, 0.1) is 35.7 Å². The summed E-state index contributed by atoms with van der Waals surface area (Å²) >= 11 is 0. The molecule has 0 spiro atoms.